The fraction of sp³-hybridized carbons (Fsp3) is 0.457. The van der Waals surface area contributed by atoms with E-state index in [4.69, 9.17) is 41.5 Å². The van der Waals surface area contributed by atoms with Crippen molar-refractivity contribution in [2.75, 3.05) is 37.1 Å². The van der Waals surface area contributed by atoms with E-state index < -0.39 is 71.1 Å². The summed E-state index contributed by atoms with van der Waals surface area (Å²) in [6, 6.07) is 6.71. The summed E-state index contributed by atoms with van der Waals surface area (Å²) in [6.07, 6.45) is 2.50. The molecule has 1 aromatic carbocycles. The molecule has 3 aromatic rings. The van der Waals surface area contributed by atoms with E-state index >= 15 is 0 Å². The van der Waals surface area contributed by atoms with Crippen LogP contribution in [0.1, 0.15) is 66.7 Å². The Hall–Kier alpha value is -7.22. The largest absolute Gasteiger partial charge is 0.495 e. The van der Waals surface area contributed by atoms with Crippen LogP contribution in [0.15, 0.2) is 42.9 Å². The van der Waals surface area contributed by atoms with Gasteiger partial charge < -0.3 is 55.1 Å². The number of esters is 1. The molecule has 0 unspecified atom stereocenters. The molecule has 0 bridgehead atoms. The second kappa shape index (κ2) is 24.1. The van der Waals surface area contributed by atoms with Crippen molar-refractivity contribution in [3.8, 4) is 5.75 Å². The highest BCUT2D eigenvalue weighted by Crippen LogP contribution is 2.28. The van der Waals surface area contributed by atoms with E-state index in [2.05, 4.69) is 40.2 Å². The molecular weight excluding hydrogens is 854 g/mol. The molecule has 62 heavy (non-hydrogen) atoms. The van der Waals surface area contributed by atoms with Gasteiger partial charge in [-0.25, -0.2) is 19.7 Å². The van der Waals surface area contributed by atoms with Gasteiger partial charge in [-0.05, 0) is 49.4 Å². The Morgan fingerprint density at radius 1 is 1.03 bits per heavy atom. The van der Waals surface area contributed by atoms with Crippen LogP contribution >= 0.6 is 11.6 Å². The zero-order chi connectivity index (χ0) is 45.8. The summed E-state index contributed by atoms with van der Waals surface area (Å²) < 4.78 is 10.7. The zero-order valence-corrected chi connectivity index (χ0v) is 33.5. The summed E-state index contributed by atoms with van der Waals surface area (Å²) in [5.74, 6) is -4.49. The summed E-state index contributed by atoms with van der Waals surface area (Å²) in [5, 5.41) is 59.1. The molecule has 0 spiro atoms. The minimum atomic E-state index is -2.74. The molecule has 336 valence electrons. The number of nitrogens with zero attached hydrogens (tertiary/aromatic N) is 7. The number of hydrogen-bond donors (Lipinski definition) is 6. The number of halogens is 1. The third kappa shape index (κ3) is 16.4. The van der Waals surface area contributed by atoms with Crippen molar-refractivity contribution >= 4 is 53.2 Å². The maximum Gasteiger partial charge on any atom is 0.336 e. The predicted octanol–water partition coefficient (Wildman–Crippen LogP) is 1.69. The maximum absolute atomic E-state index is 13.2. The second-order valence-corrected chi connectivity index (χ2v) is 13.5. The zero-order valence-electron chi connectivity index (χ0n) is 32.8. The van der Waals surface area contributed by atoms with Gasteiger partial charge in [-0.1, -0.05) is 17.7 Å². The van der Waals surface area contributed by atoms with Crippen molar-refractivity contribution in [1.29, 1.82) is 0 Å². The van der Waals surface area contributed by atoms with Gasteiger partial charge in [-0.3, -0.25) is 19.2 Å². The van der Waals surface area contributed by atoms with E-state index in [0.717, 1.165) is 12.0 Å². The van der Waals surface area contributed by atoms with Crippen LogP contribution in [0.2, 0.25) is 5.02 Å². The van der Waals surface area contributed by atoms with Gasteiger partial charge >= 0.3 is 23.9 Å². The van der Waals surface area contributed by atoms with Crippen molar-refractivity contribution in [2.24, 2.45) is 0 Å². The van der Waals surface area contributed by atoms with E-state index in [1.807, 2.05) is 11.0 Å². The number of anilines is 2. The molecule has 2 aromatic heterocycles. The number of hydrogen-bond acceptors (Lipinski definition) is 20. The van der Waals surface area contributed by atoms with Gasteiger partial charge in [0.15, 0.2) is 5.60 Å². The summed E-state index contributed by atoms with van der Waals surface area (Å²) >= 11 is 6.30. The molecule has 1 fully saturated rings. The number of aliphatic hydroxyl groups is 1. The number of carboxylic acid groups (broad SMARTS) is 3. The maximum atomic E-state index is 13.2. The number of methoxy groups -OCH3 is 1. The van der Waals surface area contributed by atoms with Crippen LogP contribution in [0.25, 0.3) is 0 Å². The summed E-state index contributed by atoms with van der Waals surface area (Å²) in [7, 11) is 1.52. The molecule has 4 rings (SSSR count). The van der Waals surface area contributed by atoms with Gasteiger partial charge in [0.2, 0.25) is 5.95 Å². The highest BCUT2D eigenvalue weighted by Gasteiger charge is 2.41. The van der Waals surface area contributed by atoms with E-state index in [1.165, 1.54) is 13.3 Å². The van der Waals surface area contributed by atoms with Crippen LogP contribution < -0.4 is 20.3 Å². The number of aliphatic carboxylic acids is 3. The van der Waals surface area contributed by atoms with Gasteiger partial charge in [0, 0.05) is 38.1 Å². The number of ether oxygens (including phenoxy) is 2. The average Bonchev–Trinajstić information content (AvgIpc) is 3.69. The first-order chi connectivity index (χ1) is 29.4. The van der Waals surface area contributed by atoms with Crippen LogP contribution in [0.4, 0.5) is 11.8 Å². The Kier molecular flexibility index (Phi) is 19.1. The third-order valence-electron chi connectivity index (χ3n) is 8.59. The molecule has 27 heteroatoms. The fourth-order valence-corrected chi connectivity index (χ4v) is 5.93. The number of carbonyl (C=O) groups is 5. The highest BCUT2D eigenvalue weighted by molar-refractivity contribution is 6.32. The van der Waals surface area contributed by atoms with Crippen LogP contribution in [-0.2, 0) is 46.7 Å². The van der Waals surface area contributed by atoms with E-state index in [-0.39, 0.29) is 56.4 Å². The molecule has 0 aliphatic carbocycles. The Balaban J connectivity index is 0.000000679. The van der Waals surface area contributed by atoms with E-state index in [1.54, 1.807) is 30.6 Å². The number of carboxylic acids is 3. The average molecular weight is 896 g/mol. The Morgan fingerprint density at radius 2 is 1.73 bits per heavy atom. The number of benzene rings is 1. The van der Waals surface area contributed by atoms with Crippen LogP contribution in [0, 0.1) is 20.2 Å². The smallest absolute Gasteiger partial charge is 0.336 e. The normalized spacial score (nSPS) is 13.7. The predicted molar refractivity (Wildman–Crippen MR) is 208 cm³/mol. The molecule has 1 aliphatic heterocycles. The molecule has 1 saturated heterocycles. The number of aromatic nitrogens is 4. The molecule has 0 radical (unpaired) electrons. The van der Waals surface area contributed by atoms with Gasteiger partial charge in [0.1, 0.15) is 42.3 Å². The van der Waals surface area contributed by atoms with Crippen molar-refractivity contribution in [2.45, 2.75) is 75.8 Å². The van der Waals surface area contributed by atoms with Crippen LogP contribution in [0.3, 0.4) is 0 Å². The van der Waals surface area contributed by atoms with Crippen LogP contribution in [-0.4, -0.2) is 125 Å². The lowest BCUT2D eigenvalue weighted by molar-refractivity contribution is -0.790. The Bertz CT molecular complexity index is 2030. The summed E-state index contributed by atoms with van der Waals surface area (Å²) in [5.41, 5.74) is -1.75. The number of carbonyl (C=O) groups excluding carboxylic acids is 2. The monoisotopic (exact) mass is 895 g/mol. The molecule has 26 nitrogen and oxygen atoms in total. The molecule has 1 aliphatic rings. The third-order valence-corrected chi connectivity index (χ3v) is 8.88. The Labute approximate surface area is 355 Å². The molecule has 3 heterocycles. The standard InChI is InChI=1S/C29H34ClN9O10.C6H8O7/c1-46-24-9-8-19(13-23(24)30)14-33-27-22(28(41)34-16-25-31-10-4-11-32-25)15-35-29(36-27)37-12-3-5-20(37)17-47-26(40)7-2-6-21(49-39(44)45)18-48-38(42)43;7-3(8)1-6(13,5(11)12)2-4(9)10/h4,8-11,13,15,20-21H,2-3,5-7,12,14,16-18H2,1H3,(H,34,41)(H,33,35,36);13H,1-2H2,(H,7,8)(H,9,10)(H,11,12)/t20-,21-;/m0./s1. The van der Waals surface area contributed by atoms with Crippen LogP contribution in [0.5, 0.6) is 5.75 Å². The SMILES string of the molecule is COc1ccc(CNc2nc(N3CCC[C@H]3COC(=O)CCC[C@@H](CO[N+](=O)[O-])O[N+](=O)[O-])ncc2C(=O)NCc2ncccn2)cc1Cl.O=C(O)CC(O)(CC(=O)O)C(=O)O. The molecule has 6 N–H and O–H groups in total. The minimum Gasteiger partial charge on any atom is -0.495 e. The molecule has 1 amide bonds. The molecule has 0 saturated carbocycles. The molecular formula is C35H42ClN9O17. The lowest BCUT2D eigenvalue weighted by Gasteiger charge is -2.25. The van der Waals surface area contributed by atoms with Gasteiger partial charge in [0.05, 0.1) is 37.6 Å². The lowest BCUT2D eigenvalue weighted by Crippen LogP contribution is -2.42. The van der Waals surface area contributed by atoms with E-state index in [0.29, 0.717) is 35.5 Å². The first-order valence-corrected chi connectivity index (χ1v) is 18.7. The number of amides is 1. The second-order valence-electron chi connectivity index (χ2n) is 13.1. The molecule has 2 atom stereocenters. The number of rotatable bonds is 24. The summed E-state index contributed by atoms with van der Waals surface area (Å²) in [4.78, 5) is 105. The van der Waals surface area contributed by atoms with Gasteiger partial charge in [-0.15, -0.1) is 20.2 Å². The van der Waals surface area contributed by atoms with Gasteiger partial charge in [-0.2, -0.15) is 4.98 Å². The minimum absolute atomic E-state index is 0.0217. The quantitative estimate of drug-likeness (QED) is 0.0423. The first kappa shape index (κ1) is 49.1. The van der Waals surface area contributed by atoms with Crippen molar-refractivity contribution in [1.82, 2.24) is 25.3 Å². The lowest BCUT2D eigenvalue weighted by atomic mass is 9.96. The topological polar surface area (TPSA) is 368 Å². The summed E-state index contributed by atoms with van der Waals surface area (Å²) in [6.45, 7) is 0.309. The van der Waals surface area contributed by atoms with Crippen molar-refractivity contribution < 1.29 is 73.7 Å². The van der Waals surface area contributed by atoms with Gasteiger partial charge in [0.25, 0.3) is 16.1 Å². The highest BCUT2D eigenvalue weighted by atomic mass is 35.5. The first-order valence-electron chi connectivity index (χ1n) is 18.3. The van der Waals surface area contributed by atoms with Crippen molar-refractivity contribution in [3.63, 3.8) is 0 Å². The Morgan fingerprint density at radius 3 is 2.32 bits per heavy atom. The van der Waals surface area contributed by atoms with E-state index in [9.17, 15) is 44.2 Å². The number of nitrogens with one attached hydrogen (secondary N) is 2. The fourth-order valence-electron chi connectivity index (χ4n) is 5.65. The van der Waals surface area contributed by atoms with Crippen molar-refractivity contribution in [3.05, 3.63) is 85.1 Å².